The summed E-state index contributed by atoms with van der Waals surface area (Å²) in [5.41, 5.74) is 5.74. The SMILES string of the molecule is COc1cc(OC)c(C(=O)N2CCC(NC(=O)c3cc(C(=O)NCCN)c(OC)cc3OC)CC2)cc1C(=O)O. The van der Waals surface area contributed by atoms with Crippen LogP contribution in [0.3, 0.4) is 0 Å². The second-order valence-corrected chi connectivity index (χ2v) is 8.90. The Bertz CT molecular complexity index is 1270. The van der Waals surface area contributed by atoms with Gasteiger partial charge in [-0.3, -0.25) is 14.4 Å². The van der Waals surface area contributed by atoms with Crippen molar-refractivity contribution in [1.29, 1.82) is 0 Å². The summed E-state index contributed by atoms with van der Waals surface area (Å²) in [7, 11) is 5.54. The summed E-state index contributed by atoms with van der Waals surface area (Å²) in [6.07, 6.45) is 0.897. The van der Waals surface area contributed by atoms with Crippen LogP contribution in [-0.4, -0.2) is 94.4 Å². The number of methoxy groups -OCH3 is 4. The van der Waals surface area contributed by atoms with Gasteiger partial charge in [-0.2, -0.15) is 0 Å². The highest BCUT2D eigenvalue weighted by molar-refractivity contribution is 6.04. The molecule has 216 valence electrons. The summed E-state index contributed by atoms with van der Waals surface area (Å²) >= 11 is 0. The van der Waals surface area contributed by atoms with Crippen LogP contribution in [0.25, 0.3) is 0 Å². The Morgan fingerprint density at radius 2 is 1.27 bits per heavy atom. The van der Waals surface area contributed by atoms with Gasteiger partial charge in [0.25, 0.3) is 17.7 Å². The molecule has 1 fully saturated rings. The lowest BCUT2D eigenvalue weighted by Gasteiger charge is -2.33. The number of hydrogen-bond donors (Lipinski definition) is 4. The third kappa shape index (κ3) is 6.54. The van der Waals surface area contributed by atoms with Gasteiger partial charge in [0.15, 0.2) is 0 Å². The smallest absolute Gasteiger partial charge is 0.339 e. The highest BCUT2D eigenvalue weighted by atomic mass is 16.5. The summed E-state index contributed by atoms with van der Waals surface area (Å²) in [6.45, 7) is 1.14. The first-order valence-electron chi connectivity index (χ1n) is 12.5. The van der Waals surface area contributed by atoms with E-state index in [-0.39, 0.29) is 64.4 Å². The average molecular weight is 559 g/mol. The quantitative estimate of drug-likeness (QED) is 0.312. The van der Waals surface area contributed by atoms with Gasteiger partial charge in [0.1, 0.15) is 28.6 Å². The van der Waals surface area contributed by atoms with Crippen LogP contribution < -0.4 is 35.3 Å². The van der Waals surface area contributed by atoms with Gasteiger partial charge < -0.3 is 45.3 Å². The molecule has 40 heavy (non-hydrogen) atoms. The van der Waals surface area contributed by atoms with Crippen LogP contribution in [-0.2, 0) is 0 Å². The summed E-state index contributed by atoms with van der Waals surface area (Å²) in [5, 5.41) is 15.1. The number of nitrogens with zero attached hydrogens (tertiary/aromatic N) is 1. The highest BCUT2D eigenvalue weighted by Crippen LogP contribution is 2.32. The zero-order chi connectivity index (χ0) is 29.4. The van der Waals surface area contributed by atoms with E-state index in [2.05, 4.69) is 10.6 Å². The summed E-state index contributed by atoms with van der Waals surface area (Å²) in [5.74, 6) is -1.75. The Balaban J connectivity index is 1.73. The topological polar surface area (TPSA) is 179 Å². The van der Waals surface area contributed by atoms with E-state index in [1.807, 2.05) is 0 Å². The lowest BCUT2D eigenvalue weighted by Crippen LogP contribution is -2.46. The van der Waals surface area contributed by atoms with Crippen LogP contribution in [0.2, 0.25) is 0 Å². The number of carboxylic acids is 1. The lowest BCUT2D eigenvalue weighted by molar-refractivity contribution is 0.0692. The molecule has 0 unspecified atom stereocenters. The van der Waals surface area contributed by atoms with Crippen molar-refractivity contribution < 1.29 is 43.2 Å². The number of carbonyl (C=O) groups is 4. The molecule has 3 rings (SSSR count). The van der Waals surface area contributed by atoms with Crippen molar-refractivity contribution in [3.8, 4) is 23.0 Å². The van der Waals surface area contributed by atoms with Gasteiger partial charge in [-0.25, -0.2) is 4.79 Å². The Morgan fingerprint density at radius 3 is 1.77 bits per heavy atom. The fourth-order valence-corrected chi connectivity index (χ4v) is 4.43. The molecule has 0 radical (unpaired) electrons. The maximum atomic E-state index is 13.3. The average Bonchev–Trinajstić information content (AvgIpc) is 2.98. The molecule has 1 aliphatic heterocycles. The molecule has 0 bridgehead atoms. The monoisotopic (exact) mass is 558 g/mol. The van der Waals surface area contributed by atoms with Gasteiger partial charge in [0.2, 0.25) is 0 Å². The number of benzene rings is 2. The molecule has 0 spiro atoms. The molecular formula is C27H34N4O9. The molecule has 5 N–H and O–H groups in total. The highest BCUT2D eigenvalue weighted by Gasteiger charge is 2.29. The van der Waals surface area contributed by atoms with E-state index in [1.165, 1.54) is 52.7 Å². The van der Waals surface area contributed by atoms with Crippen molar-refractivity contribution in [1.82, 2.24) is 15.5 Å². The second kappa shape index (κ2) is 13.5. The minimum atomic E-state index is -1.23. The number of rotatable bonds is 11. The summed E-state index contributed by atoms with van der Waals surface area (Å²) in [4.78, 5) is 52.3. The Morgan fingerprint density at radius 1 is 0.800 bits per heavy atom. The molecule has 1 heterocycles. The van der Waals surface area contributed by atoms with Crippen LogP contribution in [0.15, 0.2) is 24.3 Å². The molecule has 3 amide bonds. The number of nitrogens with one attached hydrogen (secondary N) is 2. The third-order valence-electron chi connectivity index (χ3n) is 6.54. The first-order valence-corrected chi connectivity index (χ1v) is 12.5. The van der Waals surface area contributed by atoms with Crippen LogP contribution >= 0.6 is 0 Å². The molecule has 2 aromatic rings. The van der Waals surface area contributed by atoms with E-state index in [0.717, 1.165) is 0 Å². The van der Waals surface area contributed by atoms with E-state index in [0.29, 0.717) is 25.9 Å². The molecule has 1 aliphatic rings. The van der Waals surface area contributed by atoms with Crippen LogP contribution in [0, 0.1) is 0 Å². The molecule has 13 heteroatoms. The van der Waals surface area contributed by atoms with E-state index in [9.17, 15) is 24.3 Å². The van der Waals surface area contributed by atoms with Gasteiger partial charge in [-0.05, 0) is 25.0 Å². The Hall–Kier alpha value is -4.52. The first-order chi connectivity index (χ1) is 19.2. The number of piperidine rings is 1. The molecule has 0 aromatic heterocycles. The van der Waals surface area contributed by atoms with Gasteiger partial charge in [0.05, 0.1) is 45.1 Å². The summed E-state index contributed by atoms with van der Waals surface area (Å²) < 4.78 is 21.1. The Kier molecular flexibility index (Phi) is 10.1. The van der Waals surface area contributed by atoms with Gasteiger partial charge in [-0.1, -0.05) is 0 Å². The molecule has 0 saturated carbocycles. The molecule has 13 nitrogen and oxygen atoms in total. The third-order valence-corrected chi connectivity index (χ3v) is 6.54. The fourth-order valence-electron chi connectivity index (χ4n) is 4.43. The normalized spacial score (nSPS) is 13.3. The number of carbonyl (C=O) groups excluding carboxylic acids is 3. The van der Waals surface area contributed by atoms with Crippen LogP contribution in [0.1, 0.15) is 54.3 Å². The molecule has 0 aliphatic carbocycles. The number of carboxylic acid groups (broad SMARTS) is 1. The number of amides is 3. The van der Waals surface area contributed by atoms with Crippen molar-refractivity contribution in [3.05, 3.63) is 46.5 Å². The number of hydrogen-bond acceptors (Lipinski definition) is 9. The van der Waals surface area contributed by atoms with Crippen LogP contribution in [0.4, 0.5) is 0 Å². The summed E-state index contributed by atoms with van der Waals surface area (Å²) in [6, 6.07) is 5.24. The number of likely N-dealkylation sites (tertiary alicyclic amines) is 1. The predicted molar refractivity (Wildman–Crippen MR) is 144 cm³/mol. The Labute approximate surface area is 231 Å². The number of aromatic carboxylic acids is 1. The van der Waals surface area contributed by atoms with Crippen LogP contribution in [0.5, 0.6) is 23.0 Å². The van der Waals surface area contributed by atoms with Gasteiger partial charge in [-0.15, -0.1) is 0 Å². The number of nitrogens with two attached hydrogens (primary N) is 1. The molecule has 2 aromatic carbocycles. The van der Waals surface area contributed by atoms with E-state index < -0.39 is 23.7 Å². The largest absolute Gasteiger partial charge is 0.496 e. The van der Waals surface area contributed by atoms with Crippen molar-refractivity contribution in [3.63, 3.8) is 0 Å². The predicted octanol–water partition coefficient (Wildman–Crippen LogP) is 1.14. The first kappa shape index (κ1) is 30.0. The van der Waals surface area contributed by atoms with Crippen molar-refractivity contribution in [2.45, 2.75) is 18.9 Å². The van der Waals surface area contributed by atoms with E-state index in [1.54, 1.807) is 4.90 Å². The zero-order valence-corrected chi connectivity index (χ0v) is 22.9. The lowest BCUT2D eigenvalue weighted by atomic mass is 10.0. The number of ether oxygens (including phenoxy) is 4. The second-order valence-electron chi connectivity index (χ2n) is 8.90. The maximum absolute atomic E-state index is 13.3. The van der Waals surface area contributed by atoms with Crippen molar-refractivity contribution >= 4 is 23.7 Å². The zero-order valence-electron chi connectivity index (χ0n) is 22.9. The maximum Gasteiger partial charge on any atom is 0.339 e. The van der Waals surface area contributed by atoms with Gasteiger partial charge in [0, 0.05) is 44.4 Å². The standard InChI is InChI=1S/C27H34N4O9/c1-37-20-13-21(38-2)17(11-16(20)24(32)29-8-7-28)25(33)30-15-5-9-31(10-6-15)26(34)18-12-19(27(35)36)23(40-4)14-22(18)39-3/h11-15H,5-10,28H2,1-4H3,(H,29,32)(H,30,33)(H,35,36). The minimum Gasteiger partial charge on any atom is -0.496 e. The molecule has 1 saturated heterocycles. The molecule has 0 atom stereocenters. The van der Waals surface area contributed by atoms with E-state index in [4.69, 9.17) is 24.7 Å². The van der Waals surface area contributed by atoms with Crippen molar-refractivity contribution in [2.75, 3.05) is 54.6 Å². The van der Waals surface area contributed by atoms with Gasteiger partial charge >= 0.3 is 5.97 Å². The fraction of sp³-hybridized carbons (Fsp3) is 0.407. The minimum absolute atomic E-state index is 0.0799. The van der Waals surface area contributed by atoms with Crippen molar-refractivity contribution in [2.24, 2.45) is 5.73 Å². The van der Waals surface area contributed by atoms with E-state index >= 15 is 0 Å². The molecular weight excluding hydrogens is 524 g/mol.